The number of phenols is 1. The first-order chi connectivity index (χ1) is 9.03. The molecule has 0 saturated heterocycles. The predicted octanol–water partition coefficient (Wildman–Crippen LogP) is 3.94. The summed E-state index contributed by atoms with van der Waals surface area (Å²) in [7, 11) is 0. The van der Waals surface area contributed by atoms with Crippen molar-refractivity contribution < 1.29 is 9.90 Å². The van der Waals surface area contributed by atoms with Gasteiger partial charge in [0.05, 0.1) is 19.8 Å². The first kappa shape index (κ1) is 13.3. The average molecular weight is 393 g/mol. The van der Waals surface area contributed by atoms with Gasteiger partial charge in [0.25, 0.3) is 0 Å². The Morgan fingerprint density at radius 3 is 2.68 bits per heavy atom. The minimum atomic E-state index is -0.467. The van der Waals surface area contributed by atoms with E-state index in [0.717, 1.165) is 31.2 Å². The molecule has 1 saturated carbocycles. The number of anilines is 1. The highest BCUT2D eigenvalue weighted by Gasteiger charge is 2.43. The molecule has 0 aromatic heterocycles. The maximum Gasteiger partial charge on any atom is 0.319 e. The average Bonchev–Trinajstić information content (AvgIpc) is 2.36. The molecule has 1 aromatic rings. The first-order valence-corrected chi connectivity index (χ1v) is 7.80. The lowest BCUT2D eigenvalue weighted by molar-refractivity contribution is 0.206. The minimum Gasteiger partial charge on any atom is -0.506 e. The molecule has 102 valence electrons. The van der Waals surface area contributed by atoms with Gasteiger partial charge >= 0.3 is 6.03 Å². The van der Waals surface area contributed by atoms with Gasteiger partial charge in [0.15, 0.2) is 0 Å². The second-order valence-corrected chi connectivity index (χ2v) is 6.73. The summed E-state index contributed by atoms with van der Waals surface area (Å²) in [5.41, 5.74) is 0.846. The van der Waals surface area contributed by atoms with Crippen LogP contribution in [0.1, 0.15) is 37.7 Å². The monoisotopic (exact) mass is 392 g/mol. The lowest BCUT2D eigenvalue weighted by atomic mass is 9.74. The third kappa shape index (κ3) is 2.07. The maximum absolute atomic E-state index is 11.9. The Labute approximate surface area is 130 Å². The van der Waals surface area contributed by atoms with E-state index in [0.29, 0.717) is 14.3 Å². The molecule has 3 rings (SSSR count). The van der Waals surface area contributed by atoms with Crippen LogP contribution in [0.3, 0.4) is 0 Å². The molecule has 1 heterocycles. The molecule has 6 heteroatoms. The Hall–Kier alpha value is -0.690. The van der Waals surface area contributed by atoms with Crippen molar-refractivity contribution >= 4 is 45.9 Å². The van der Waals surface area contributed by atoms with Crippen molar-refractivity contribution in [1.29, 1.82) is 0 Å². The molecular formula is C13H14ClIN2O2. The van der Waals surface area contributed by atoms with E-state index in [1.165, 1.54) is 6.42 Å². The highest BCUT2D eigenvalue weighted by Crippen LogP contribution is 2.50. The van der Waals surface area contributed by atoms with E-state index in [2.05, 4.69) is 33.2 Å². The number of nitrogens with one attached hydrogen (secondary N) is 2. The summed E-state index contributed by atoms with van der Waals surface area (Å²) < 4.78 is 0.712. The number of aromatic hydroxyl groups is 1. The Morgan fingerprint density at radius 1 is 1.32 bits per heavy atom. The van der Waals surface area contributed by atoms with E-state index in [1.807, 2.05) is 0 Å². The lowest BCUT2D eigenvalue weighted by Gasteiger charge is -2.43. The molecule has 0 radical (unpaired) electrons. The van der Waals surface area contributed by atoms with Gasteiger partial charge in [-0.2, -0.15) is 0 Å². The van der Waals surface area contributed by atoms with Gasteiger partial charge in [-0.25, -0.2) is 4.79 Å². The Kier molecular flexibility index (Phi) is 3.29. The van der Waals surface area contributed by atoms with Crippen molar-refractivity contribution in [1.82, 2.24) is 5.32 Å². The second kappa shape index (κ2) is 4.70. The largest absolute Gasteiger partial charge is 0.506 e. The number of hydrogen-bond donors (Lipinski definition) is 3. The summed E-state index contributed by atoms with van der Waals surface area (Å²) in [4.78, 5) is 11.9. The summed E-state index contributed by atoms with van der Waals surface area (Å²) in [6.07, 6.45) is 4.94. The van der Waals surface area contributed by atoms with Crippen LogP contribution in [0.2, 0.25) is 5.02 Å². The van der Waals surface area contributed by atoms with Crippen LogP contribution in [0.4, 0.5) is 10.5 Å². The van der Waals surface area contributed by atoms with Gasteiger partial charge in [-0.15, -0.1) is 0 Å². The van der Waals surface area contributed by atoms with Gasteiger partial charge < -0.3 is 15.7 Å². The molecule has 1 aromatic carbocycles. The zero-order valence-electron chi connectivity index (χ0n) is 10.2. The SMILES string of the molecule is O=C1Nc2c(Cl)cc(I)c(O)c2C2(CCCCC2)N1. The van der Waals surface area contributed by atoms with Crippen LogP contribution >= 0.6 is 34.2 Å². The zero-order valence-corrected chi connectivity index (χ0v) is 13.1. The molecule has 19 heavy (non-hydrogen) atoms. The molecule has 0 bridgehead atoms. The van der Waals surface area contributed by atoms with Gasteiger partial charge in [0, 0.05) is 5.56 Å². The molecule has 1 spiro atoms. The number of hydrogen-bond acceptors (Lipinski definition) is 2. The highest BCUT2D eigenvalue weighted by atomic mass is 127. The van der Waals surface area contributed by atoms with E-state index in [4.69, 9.17) is 11.6 Å². The molecular weight excluding hydrogens is 379 g/mol. The number of fused-ring (bicyclic) bond motifs is 2. The fourth-order valence-corrected chi connectivity index (χ4v) is 4.17. The summed E-state index contributed by atoms with van der Waals surface area (Å²) in [6, 6.07) is 1.44. The summed E-state index contributed by atoms with van der Waals surface area (Å²) in [6.45, 7) is 0. The Morgan fingerprint density at radius 2 is 2.00 bits per heavy atom. The second-order valence-electron chi connectivity index (χ2n) is 5.16. The van der Waals surface area contributed by atoms with E-state index < -0.39 is 5.54 Å². The quantitative estimate of drug-likeness (QED) is 0.586. The molecule has 1 fully saturated rings. The van der Waals surface area contributed by atoms with Crippen LogP contribution in [0.25, 0.3) is 0 Å². The van der Waals surface area contributed by atoms with E-state index in [-0.39, 0.29) is 11.8 Å². The number of rotatable bonds is 0. The zero-order chi connectivity index (χ0) is 13.6. The molecule has 0 atom stereocenters. The van der Waals surface area contributed by atoms with E-state index >= 15 is 0 Å². The lowest BCUT2D eigenvalue weighted by Crippen LogP contribution is -2.52. The molecule has 4 nitrogen and oxygen atoms in total. The van der Waals surface area contributed by atoms with Gasteiger partial charge in [0.1, 0.15) is 5.75 Å². The third-order valence-electron chi connectivity index (χ3n) is 3.98. The van der Waals surface area contributed by atoms with Crippen LogP contribution in [-0.4, -0.2) is 11.1 Å². The van der Waals surface area contributed by atoms with Crippen molar-refractivity contribution in [3.8, 4) is 5.75 Å². The van der Waals surface area contributed by atoms with Gasteiger partial charge in [-0.1, -0.05) is 30.9 Å². The fraction of sp³-hybridized carbons (Fsp3) is 0.462. The number of carbonyl (C=O) groups excluding carboxylic acids is 1. The number of urea groups is 1. The van der Waals surface area contributed by atoms with Crippen molar-refractivity contribution in [2.24, 2.45) is 0 Å². The maximum atomic E-state index is 11.9. The van der Waals surface area contributed by atoms with E-state index in [9.17, 15) is 9.90 Å². The number of amides is 2. The van der Waals surface area contributed by atoms with Crippen molar-refractivity contribution in [2.75, 3.05) is 5.32 Å². The van der Waals surface area contributed by atoms with Gasteiger partial charge in [-0.3, -0.25) is 0 Å². The third-order valence-corrected chi connectivity index (χ3v) is 5.10. The normalized spacial score (nSPS) is 20.6. The highest BCUT2D eigenvalue weighted by molar-refractivity contribution is 14.1. The number of halogens is 2. The van der Waals surface area contributed by atoms with Crippen molar-refractivity contribution in [2.45, 2.75) is 37.6 Å². The molecule has 2 aliphatic rings. The number of phenolic OH excluding ortho intramolecular Hbond substituents is 1. The van der Waals surface area contributed by atoms with Crippen LogP contribution in [0, 0.1) is 3.57 Å². The molecule has 1 aliphatic carbocycles. The smallest absolute Gasteiger partial charge is 0.319 e. The molecule has 1 aliphatic heterocycles. The fourth-order valence-electron chi connectivity index (χ4n) is 3.15. The predicted molar refractivity (Wildman–Crippen MR) is 82.8 cm³/mol. The van der Waals surface area contributed by atoms with Crippen LogP contribution in [0.5, 0.6) is 5.75 Å². The van der Waals surface area contributed by atoms with Crippen molar-refractivity contribution in [3.05, 3.63) is 20.2 Å². The molecule has 3 N–H and O–H groups in total. The molecule has 2 amide bonds. The number of carbonyl (C=O) groups is 1. The van der Waals surface area contributed by atoms with Crippen LogP contribution < -0.4 is 10.6 Å². The van der Waals surface area contributed by atoms with Crippen LogP contribution in [0.15, 0.2) is 6.07 Å². The number of benzene rings is 1. The van der Waals surface area contributed by atoms with E-state index in [1.54, 1.807) is 6.07 Å². The van der Waals surface area contributed by atoms with Gasteiger partial charge in [-0.05, 0) is 41.5 Å². The summed E-state index contributed by atoms with van der Waals surface area (Å²) in [5, 5.41) is 16.6. The Bertz CT molecular complexity index is 556. The summed E-state index contributed by atoms with van der Waals surface area (Å²) in [5.74, 6) is 0.231. The summed E-state index contributed by atoms with van der Waals surface area (Å²) >= 11 is 8.29. The Balaban J connectivity index is 2.24. The first-order valence-electron chi connectivity index (χ1n) is 6.34. The standard InChI is InChI=1S/C13H14ClIN2O2/c14-7-6-8(15)11(18)9-10(7)16-12(19)17-13(9)4-2-1-3-5-13/h6,18H,1-5H2,(H2,16,17,19). The van der Waals surface area contributed by atoms with Crippen LogP contribution in [-0.2, 0) is 5.54 Å². The minimum absolute atomic E-state index is 0.231. The van der Waals surface area contributed by atoms with Crippen molar-refractivity contribution in [3.63, 3.8) is 0 Å². The molecule has 0 unspecified atom stereocenters. The topological polar surface area (TPSA) is 61.4 Å². The van der Waals surface area contributed by atoms with Gasteiger partial charge in [0.2, 0.25) is 0 Å².